The molecule has 1 rings (SSSR count). The Morgan fingerprint density at radius 1 is 1.26 bits per heavy atom. The van der Waals surface area contributed by atoms with Crippen molar-refractivity contribution in [1.82, 2.24) is 5.32 Å². The monoisotopic (exact) mass is 318 g/mol. The number of carbonyl (C=O) groups is 2. The number of ether oxygens (including phenoxy) is 1. The molecule has 0 bridgehead atoms. The Kier molecular flexibility index (Phi) is 7.88. The van der Waals surface area contributed by atoms with Gasteiger partial charge in [-0.1, -0.05) is 44.9 Å². The number of nitrogens with one attached hydrogen (secondary N) is 2. The Labute approximate surface area is 138 Å². The van der Waals surface area contributed by atoms with Crippen LogP contribution in [-0.2, 0) is 4.74 Å². The maximum atomic E-state index is 12.1. The maximum Gasteiger partial charge on any atom is 0.340 e. The van der Waals surface area contributed by atoms with E-state index in [-0.39, 0.29) is 6.03 Å². The summed E-state index contributed by atoms with van der Waals surface area (Å²) in [6, 6.07) is 6.42. The molecule has 5 nitrogen and oxygen atoms in total. The molecule has 0 aliphatic carbocycles. The van der Waals surface area contributed by atoms with Crippen LogP contribution >= 0.6 is 0 Å². The number of carbonyl (C=O) groups excluding carboxylic acids is 2. The van der Waals surface area contributed by atoms with Crippen molar-refractivity contribution in [2.75, 3.05) is 11.9 Å². The van der Waals surface area contributed by atoms with Crippen molar-refractivity contribution in [1.29, 1.82) is 0 Å². The van der Waals surface area contributed by atoms with Crippen LogP contribution in [0.3, 0.4) is 0 Å². The highest BCUT2D eigenvalue weighted by Gasteiger charge is 2.13. The molecule has 0 aromatic heterocycles. The van der Waals surface area contributed by atoms with E-state index in [0.717, 1.165) is 18.4 Å². The zero-order valence-corrected chi connectivity index (χ0v) is 14.3. The van der Waals surface area contributed by atoms with Crippen LogP contribution < -0.4 is 10.6 Å². The molecule has 2 amide bonds. The van der Waals surface area contributed by atoms with Crippen molar-refractivity contribution in [2.45, 2.75) is 40.5 Å². The van der Waals surface area contributed by atoms with Crippen molar-refractivity contribution in [3.8, 4) is 0 Å². The fourth-order valence-electron chi connectivity index (χ4n) is 1.66. The minimum absolute atomic E-state index is 0.350. The summed E-state index contributed by atoms with van der Waals surface area (Å²) in [4.78, 5) is 24.0. The molecule has 23 heavy (non-hydrogen) atoms. The molecule has 2 N–H and O–H groups in total. The Morgan fingerprint density at radius 3 is 2.61 bits per heavy atom. The first-order valence-electron chi connectivity index (χ1n) is 7.96. The van der Waals surface area contributed by atoms with Gasteiger partial charge in [-0.15, -0.1) is 0 Å². The molecule has 0 aliphatic rings. The molecular weight excluding hydrogens is 292 g/mol. The molecule has 0 radical (unpaired) electrons. The lowest BCUT2D eigenvalue weighted by atomic mass is 10.1. The first kappa shape index (κ1) is 18.7. The van der Waals surface area contributed by atoms with Gasteiger partial charge in [0, 0.05) is 6.20 Å². The van der Waals surface area contributed by atoms with E-state index < -0.39 is 5.97 Å². The molecule has 126 valence electrons. The highest BCUT2D eigenvalue weighted by atomic mass is 16.5. The van der Waals surface area contributed by atoms with E-state index in [0.29, 0.717) is 23.8 Å². The second-order valence-electron chi connectivity index (χ2n) is 5.68. The molecule has 5 heteroatoms. The number of rotatable bonds is 7. The van der Waals surface area contributed by atoms with Gasteiger partial charge in [0.2, 0.25) is 0 Å². The average molecular weight is 318 g/mol. The Balaban J connectivity index is 2.71. The van der Waals surface area contributed by atoms with Gasteiger partial charge in [-0.05, 0) is 31.4 Å². The first-order chi connectivity index (χ1) is 11.0. The minimum Gasteiger partial charge on any atom is -0.462 e. The van der Waals surface area contributed by atoms with Crippen LogP contribution in [0.2, 0.25) is 0 Å². The molecule has 0 fully saturated rings. The van der Waals surface area contributed by atoms with E-state index in [9.17, 15) is 9.59 Å². The quantitative estimate of drug-likeness (QED) is 0.581. The van der Waals surface area contributed by atoms with E-state index in [1.807, 2.05) is 27.7 Å². The molecule has 0 unspecified atom stereocenters. The number of unbranched alkanes of at least 4 members (excludes halogenated alkanes) is 1. The minimum atomic E-state index is -0.428. The van der Waals surface area contributed by atoms with Gasteiger partial charge in [0.05, 0.1) is 17.9 Å². The van der Waals surface area contributed by atoms with Crippen LogP contribution in [0.1, 0.15) is 50.9 Å². The van der Waals surface area contributed by atoms with E-state index in [1.165, 1.54) is 0 Å². The van der Waals surface area contributed by atoms with Gasteiger partial charge in [-0.25, -0.2) is 9.59 Å². The lowest BCUT2D eigenvalue weighted by Crippen LogP contribution is -2.25. The molecule has 1 aromatic carbocycles. The standard InChI is InChI=1S/C18H26N2O3/c1-5-6-11-23-17(21)15-9-7-8-10-16(15)20-18(22)19-12-14(4)13(2)3/h7-10,12-13H,5-6,11H2,1-4H3,(H2,19,20,22)/b14-12+. The van der Waals surface area contributed by atoms with Gasteiger partial charge in [0.25, 0.3) is 0 Å². The summed E-state index contributed by atoms with van der Waals surface area (Å²) in [5.74, 6) is -0.0700. The summed E-state index contributed by atoms with van der Waals surface area (Å²) < 4.78 is 5.20. The number of hydrogen-bond acceptors (Lipinski definition) is 3. The summed E-state index contributed by atoms with van der Waals surface area (Å²) in [7, 11) is 0. The summed E-state index contributed by atoms with van der Waals surface area (Å²) in [6.45, 7) is 8.45. The van der Waals surface area contributed by atoms with E-state index >= 15 is 0 Å². The summed E-state index contributed by atoms with van der Waals surface area (Å²) in [5, 5.41) is 5.35. The van der Waals surface area contributed by atoms with Crippen molar-refractivity contribution in [2.24, 2.45) is 5.92 Å². The van der Waals surface area contributed by atoms with Crippen molar-refractivity contribution < 1.29 is 14.3 Å². The smallest absolute Gasteiger partial charge is 0.340 e. The van der Waals surface area contributed by atoms with Gasteiger partial charge in [0.1, 0.15) is 0 Å². The molecule has 0 saturated carbocycles. The number of urea groups is 1. The second kappa shape index (κ2) is 9.66. The fourth-order valence-corrected chi connectivity index (χ4v) is 1.66. The van der Waals surface area contributed by atoms with Gasteiger partial charge in [0.15, 0.2) is 0 Å². The predicted octanol–water partition coefficient (Wildman–Crippen LogP) is 4.32. The predicted molar refractivity (Wildman–Crippen MR) is 92.4 cm³/mol. The van der Waals surface area contributed by atoms with E-state index in [2.05, 4.69) is 10.6 Å². The molecule has 0 atom stereocenters. The Bertz CT molecular complexity index is 565. The van der Waals surface area contributed by atoms with Gasteiger partial charge >= 0.3 is 12.0 Å². The zero-order chi connectivity index (χ0) is 17.2. The lowest BCUT2D eigenvalue weighted by Gasteiger charge is -2.11. The number of benzene rings is 1. The highest BCUT2D eigenvalue weighted by Crippen LogP contribution is 2.16. The second-order valence-corrected chi connectivity index (χ2v) is 5.68. The van der Waals surface area contributed by atoms with Crippen LogP contribution in [0.4, 0.5) is 10.5 Å². The first-order valence-corrected chi connectivity index (χ1v) is 7.96. The number of anilines is 1. The topological polar surface area (TPSA) is 67.4 Å². The van der Waals surface area contributed by atoms with Crippen molar-refractivity contribution in [3.63, 3.8) is 0 Å². The van der Waals surface area contributed by atoms with Crippen LogP contribution in [0.25, 0.3) is 0 Å². The SMILES string of the molecule is CCCCOC(=O)c1ccccc1NC(=O)N/C=C(\C)C(C)C. The molecular formula is C18H26N2O3. The van der Waals surface area contributed by atoms with Crippen LogP contribution in [0.15, 0.2) is 36.0 Å². The number of para-hydroxylation sites is 1. The summed E-state index contributed by atoms with van der Waals surface area (Å²) >= 11 is 0. The largest absolute Gasteiger partial charge is 0.462 e. The third-order valence-electron chi connectivity index (χ3n) is 3.47. The number of esters is 1. The molecule has 0 heterocycles. The molecule has 0 aliphatic heterocycles. The highest BCUT2D eigenvalue weighted by molar-refractivity contribution is 6.01. The summed E-state index contributed by atoms with van der Waals surface area (Å²) in [5.41, 5.74) is 1.85. The number of allylic oxidation sites excluding steroid dienone is 1. The number of amides is 2. The normalized spacial score (nSPS) is 11.3. The van der Waals surface area contributed by atoms with Crippen molar-refractivity contribution >= 4 is 17.7 Å². The lowest BCUT2D eigenvalue weighted by molar-refractivity contribution is 0.0501. The Hall–Kier alpha value is -2.30. The van der Waals surface area contributed by atoms with Crippen LogP contribution in [0.5, 0.6) is 0 Å². The average Bonchev–Trinajstić information content (AvgIpc) is 2.53. The van der Waals surface area contributed by atoms with Crippen LogP contribution in [0, 0.1) is 5.92 Å². The third-order valence-corrected chi connectivity index (χ3v) is 3.47. The zero-order valence-electron chi connectivity index (χ0n) is 14.3. The molecule has 1 aromatic rings. The maximum absolute atomic E-state index is 12.1. The molecule has 0 saturated heterocycles. The van der Waals surface area contributed by atoms with Gasteiger partial charge in [-0.3, -0.25) is 0 Å². The third kappa shape index (κ3) is 6.55. The molecule has 0 spiro atoms. The van der Waals surface area contributed by atoms with Gasteiger partial charge < -0.3 is 15.4 Å². The van der Waals surface area contributed by atoms with Gasteiger partial charge in [-0.2, -0.15) is 0 Å². The fraction of sp³-hybridized carbons (Fsp3) is 0.444. The van der Waals surface area contributed by atoms with Crippen LogP contribution in [-0.4, -0.2) is 18.6 Å². The van der Waals surface area contributed by atoms with E-state index in [1.54, 1.807) is 30.5 Å². The number of hydrogen-bond donors (Lipinski definition) is 2. The van der Waals surface area contributed by atoms with E-state index in [4.69, 9.17) is 4.74 Å². The Morgan fingerprint density at radius 2 is 1.96 bits per heavy atom. The summed E-state index contributed by atoms with van der Waals surface area (Å²) in [6.07, 6.45) is 3.44. The van der Waals surface area contributed by atoms with Crippen molar-refractivity contribution in [3.05, 3.63) is 41.6 Å².